The molecule has 2 aliphatic rings. The van der Waals surface area contributed by atoms with Crippen molar-refractivity contribution in [2.75, 3.05) is 51.7 Å². The lowest BCUT2D eigenvalue weighted by atomic mass is 9.89. The van der Waals surface area contributed by atoms with Crippen LogP contribution < -0.4 is 5.73 Å². The molecule has 2 saturated heterocycles. The van der Waals surface area contributed by atoms with Gasteiger partial charge in [0.2, 0.25) is 5.91 Å². The van der Waals surface area contributed by atoms with Crippen molar-refractivity contribution in [3.63, 3.8) is 0 Å². The first kappa shape index (κ1) is 26.1. The Morgan fingerprint density at radius 2 is 1.73 bits per heavy atom. The minimum Gasteiger partial charge on any atom is -0.383 e. The maximum Gasteiger partial charge on any atom is 0.236 e. The number of rotatable bonds is 6. The monoisotopic (exact) mass is 539 g/mol. The Hall–Kier alpha value is -4.15. The minimum absolute atomic E-state index is 0.0139. The third-order valence-electron chi connectivity index (χ3n) is 7.90. The Morgan fingerprint density at radius 1 is 0.975 bits per heavy atom. The van der Waals surface area contributed by atoms with Gasteiger partial charge >= 0.3 is 0 Å². The molecule has 2 aliphatic heterocycles. The van der Waals surface area contributed by atoms with Gasteiger partial charge in [0, 0.05) is 55.0 Å². The first-order chi connectivity index (χ1) is 19.5. The third-order valence-corrected chi connectivity index (χ3v) is 7.90. The van der Waals surface area contributed by atoms with Gasteiger partial charge in [0.1, 0.15) is 5.82 Å². The van der Waals surface area contributed by atoms with Crippen LogP contribution in [0.4, 0.5) is 5.82 Å². The predicted molar refractivity (Wildman–Crippen MR) is 152 cm³/mol. The SMILES string of the molecule is CC(=O)c1c(C2CCN(C(=O)CN3CCOCC3)CC2)nc2c(-c3ccc(-c4ccccc4)nc3)cnn2c1N. The van der Waals surface area contributed by atoms with Gasteiger partial charge in [-0.15, -0.1) is 0 Å². The average molecular weight is 540 g/mol. The largest absolute Gasteiger partial charge is 0.383 e. The lowest BCUT2D eigenvalue weighted by Crippen LogP contribution is -2.47. The molecule has 10 nitrogen and oxygen atoms in total. The average Bonchev–Trinajstić information content (AvgIpc) is 3.42. The number of fused-ring (bicyclic) bond motifs is 1. The molecule has 0 spiro atoms. The van der Waals surface area contributed by atoms with Crippen LogP contribution in [0.5, 0.6) is 0 Å². The topological polar surface area (TPSA) is 119 Å². The van der Waals surface area contributed by atoms with Gasteiger partial charge in [-0.1, -0.05) is 36.4 Å². The maximum atomic E-state index is 12.9. The fourth-order valence-electron chi connectivity index (χ4n) is 5.68. The number of Topliss-reactive ketones (excluding diaryl/α,β-unsaturated/α-hetero) is 1. The first-order valence-electron chi connectivity index (χ1n) is 13.8. The second kappa shape index (κ2) is 11.1. The van der Waals surface area contributed by atoms with Crippen molar-refractivity contribution >= 4 is 23.2 Å². The molecular weight excluding hydrogens is 506 g/mol. The van der Waals surface area contributed by atoms with Crippen LogP contribution in [-0.4, -0.2) is 87.0 Å². The fraction of sp³-hybridized carbons (Fsp3) is 0.367. The fourth-order valence-corrected chi connectivity index (χ4v) is 5.68. The second-order valence-electron chi connectivity index (χ2n) is 10.4. The normalized spacial score (nSPS) is 16.9. The molecule has 2 fully saturated rings. The second-order valence-corrected chi connectivity index (χ2v) is 10.4. The molecule has 6 rings (SSSR count). The van der Waals surface area contributed by atoms with Crippen LogP contribution in [0.15, 0.2) is 54.9 Å². The van der Waals surface area contributed by atoms with E-state index in [0.717, 1.165) is 35.5 Å². The summed E-state index contributed by atoms with van der Waals surface area (Å²) in [6.45, 7) is 6.08. The number of piperidine rings is 1. The van der Waals surface area contributed by atoms with Crippen LogP contribution >= 0.6 is 0 Å². The molecule has 1 amide bonds. The van der Waals surface area contributed by atoms with Crippen LogP contribution in [-0.2, 0) is 9.53 Å². The van der Waals surface area contributed by atoms with Gasteiger partial charge in [0.25, 0.3) is 0 Å². The van der Waals surface area contributed by atoms with Crippen LogP contribution in [0, 0.1) is 0 Å². The standard InChI is InChI=1S/C30H33N7O3/c1-20(38)27-28(22-9-11-36(12-10-22)26(39)19-35-13-15-40-16-14-35)34-30-24(18-33-37(30)29(27)31)23-7-8-25(32-17-23)21-5-3-2-4-6-21/h2-8,17-18,22H,9-16,19,31H2,1H3. The highest BCUT2D eigenvalue weighted by Crippen LogP contribution is 2.35. The number of nitrogens with two attached hydrogens (primary N) is 1. The van der Waals surface area contributed by atoms with Gasteiger partial charge in [-0.2, -0.15) is 9.61 Å². The molecule has 5 heterocycles. The number of hydrogen-bond donors (Lipinski definition) is 1. The quantitative estimate of drug-likeness (QED) is 0.371. The zero-order valence-electron chi connectivity index (χ0n) is 22.6. The van der Waals surface area contributed by atoms with E-state index in [1.54, 1.807) is 10.7 Å². The van der Waals surface area contributed by atoms with E-state index < -0.39 is 0 Å². The van der Waals surface area contributed by atoms with E-state index in [1.165, 1.54) is 6.92 Å². The van der Waals surface area contributed by atoms with Crippen molar-refractivity contribution in [3.8, 4) is 22.4 Å². The Labute approximate surface area is 232 Å². The Balaban J connectivity index is 1.26. The predicted octanol–water partition coefficient (Wildman–Crippen LogP) is 3.28. The van der Waals surface area contributed by atoms with Gasteiger partial charge < -0.3 is 15.4 Å². The van der Waals surface area contributed by atoms with Crippen molar-refractivity contribution in [1.82, 2.24) is 29.4 Å². The summed E-state index contributed by atoms with van der Waals surface area (Å²) in [5.41, 5.74) is 11.8. The highest BCUT2D eigenvalue weighted by molar-refractivity contribution is 6.00. The highest BCUT2D eigenvalue weighted by atomic mass is 16.5. The number of aromatic nitrogens is 4. The molecule has 0 saturated carbocycles. The number of morpholine rings is 1. The van der Waals surface area contributed by atoms with Crippen molar-refractivity contribution in [1.29, 1.82) is 0 Å². The number of hydrogen-bond acceptors (Lipinski definition) is 8. The summed E-state index contributed by atoms with van der Waals surface area (Å²) in [5.74, 6) is 0.302. The summed E-state index contributed by atoms with van der Waals surface area (Å²) >= 11 is 0. The lowest BCUT2D eigenvalue weighted by Gasteiger charge is -2.34. The summed E-state index contributed by atoms with van der Waals surface area (Å²) in [6, 6.07) is 14.0. The zero-order valence-corrected chi connectivity index (χ0v) is 22.6. The summed E-state index contributed by atoms with van der Waals surface area (Å²) in [5, 5.41) is 4.48. The van der Waals surface area contributed by atoms with Gasteiger partial charge in [-0.25, -0.2) is 4.98 Å². The summed E-state index contributed by atoms with van der Waals surface area (Å²) in [4.78, 5) is 39.4. The van der Waals surface area contributed by atoms with Crippen LogP contribution in [0.1, 0.15) is 41.7 Å². The molecule has 0 aliphatic carbocycles. The molecule has 1 aromatic carbocycles. The van der Waals surface area contributed by atoms with E-state index in [9.17, 15) is 9.59 Å². The number of pyridine rings is 1. The third kappa shape index (κ3) is 5.07. The molecular formula is C30H33N7O3. The van der Waals surface area contributed by atoms with Crippen molar-refractivity contribution in [2.24, 2.45) is 0 Å². The van der Waals surface area contributed by atoms with E-state index in [4.69, 9.17) is 15.5 Å². The van der Waals surface area contributed by atoms with E-state index in [1.807, 2.05) is 53.6 Å². The molecule has 4 aromatic rings. The number of anilines is 1. The number of likely N-dealkylation sites (tertiary alicyclic amines) is 1. The van der Waals surface area contributed by atoms with Gasteiger partial charge in [-0.3, -0.25) is 19.5 Å². The van der Waals surface area contributed by atoms with Gasteiger partial charge in [0.05, 0.1) is 42.9 Å². The molecule has 40 heavy (non-hydrogen) atoms. The Kier molecular flexibility index (Phi) is 7.27. The molecule has 0 atom stereocenters. The van der Waals surface area contributed by atoms with Crippen LogP contribution in [0.25, 0.3) is 28.0 Å². The van der Waals surface area contributed by atoms with E-state index in [-0.39, 0.29) is 17.6 Å². The molecule has 0 unspecified atom stereocenters. The Bertz CT molecular complexity index is 1520. The van der Waals surface area contributed by atoms with Gasteiger partial charge in [0.15, 0.2) is 11.4 Å². The summed E-state index contributed by atoms with van der Waals surface area (Å²) in [7, 11) is 0. The van der Waals surface area contributed by atoms with E-state index in [0.29, 0.717) is 68.4 Å². The molecule has 0 bridgehead atoms. The van der Waals surface area contributed by atoms with E-state index in [2.05, 4.69) is 15.0 Å². The summed E-state index contributed by atoms with van der Waals surface area (Å²) < 4.78 is 6.94. The van der Waals surface area contributed by atoms with Crippen LogP contribution in [0.3, 0.4) is 0 Å². The number of carbonyl (C=O) groups excluding carboxylic acids is 2. The maximum absolute atomic E-state index is 12.9. The number of amides is 1. The molecule has 3 aromatic heterocycles. The number of nitrogens with zero attached hydrogens (tertiary/aromatic N) is 6. The van der Waals surface area contributed by atoms with Crippen molar-refractivity contribution in [2.45, 2.75) is 25.7 Å². The van der Waals surface area contributed by atoms with Crippen molar-refractivity contribution < 1.29 is 14.3 Å². The van der Waals surface area contributed by atoms with Crippen LogP contribution in [0.2, 0.25) is 0 Å². The number of nitrogen functional groups attached to an aromatic ring is 1. The van der Waals surface area contributed by atoms with Crippen molar-refractivity contribution in [3.05, 3.63) is 66.1 Å². The molecule has 0 radical (unpaired) electrons. The minimum atomic E-state index is -0.140. The number of ketones is 1. The molecule has 2 N–H and O–H groups in total. The molecule has 10 heteroatoms. The number of benzene rings is 1. The Morgan fingerprint density at radius 3 is 2.40 bits per heavy atom. The zero-order chi connectivity index (χ0) is 27.6. The summed E-state index contributed by atoms with van der Waals surface area (Å²) in [6.07, 6.45) is 4.97. The lowest BCUT2D eigenvalue weighted by molar-refractivity contribution is -0.134. The highest BCUT2D eigenvalue weighted by Gasteiger charge is 2.30. The van der Waals surface area contributed by atoms with E-state index >= 15 is 0 Å². The first-order valence-corrected chi connectivity index (χ1v) is 13.8. The van der Waals surface area contributed by atoms with Gasteiger partial charge in [-0.05, 0) is 25.8 Å². The number of ether oxygens (including phenoxy) is 1. The number of carbonyl (C=O) groups is 2. The molecule has 206 valence electrons. The smallest absolute Gasteiger partial charge is 0.236 e.